The average Bonchev–Trinajstić information content (AvgIpc) is 2.00. The van der Waals surface area contributed by atoms with Crippen LogP contribution in [0.25, 0.3) is 0 Å². The second kappa shape index (κ2) is 5.35. The van der Waals surface area contributed by atoms with Gasteiger partial charge in [0.15, 0.2) is 0 Å². The lowest BCUT2D eigenvalue weighted by Crippen LogP contribution is -2.41. The minimum atomic E-state index is -0.120. The Bertz CT molecular complexity index is 182. The van der Waals surface area contributed by atoms with Crippen molar-refractivity contribution in [3.05, 3.63) is 0 Å². The Hall–Kier alpha value is -0.570. The predicted octanol–water partition coefficient (Wildman–Crippen LogP) is 1.56. The van der Waals surface area contributed by atoms with Crippen molar-refractivity contribution in [2.45, 2.75) is 47.1 Å². The molecule has 0 heterocycles. The molecule has 14 heavy (non-hydrogen) atoms. The maximum absolute atomic E-state index is 11.4. The number of rotatable bonds is 4. The zero-order valence-electron chi connectivity index (χ0n) is 9.92. The third-order valence-corrected chi connectivity index (χ3v) is 1.95. The molecule has 0 aromatic carbocycles. The molecule has 0 rings (SSSR count). The molecule has 0 aromatic rings. The van der Waals surface area contributed by atoms with Crippen LogP contribution in [0.3, 0.4) is 0 Å². The van der Waals surface area contributed by atoms with Crippen molar-refractivity contribution in [3.8, 4) is 0 Å². The first-order chi connectivity index (χ1) is 6.26. The molecule has 3 nitrogen and oxygen atoms in total. The molecule has 84 valence electrons. The molecule has 3 heteroatoms. The molecule has 0 fully saturated rings. The highest BCUT2D eigenvalue weighted by Crippen LogP contribution is 2.20. The van der Waals surface area contributed by atoms with Gasteiger partial charge < -0.3 is 10.4 Å². The van der Waals surface area contributed by atoms with Crippen LogP contribution in [0.5, 0.6) is 0 Å². The fraction of sp³-hybridized carbons (Fsp3) is 0.909. The van der Waals surface area contributed by atoms with Gasteiger partial charge in [-0.25, -0.2) is 0 Å². The van der Waals surface area contributed by atoms with Crippen molar-refractivity contribution in [2.75, 3.05) is 6.61 Å². The maximum Gasteiger partial charge on any atom is 0.222 e. The molecule has 0 aromatic heterocycles. The van der Waals surface area contributed by atoms with Crippen LogP contribution in [0.2, 0.25) is 0 Å². The highest BCUT2D eigenvalue weighted by atomic mass is 16.3. The van der Waals surface area contributed by atoms with E-state index in [1.165, 1.54) is 0 Å². The minimum absolute atomic E-state index is 0.00769. The van der Waals surface area contributed by atoms with Crippen LogP contribution in [0.1, 0.15) is 41.0 Å². The molecule has 0 spiro atoms. The summed E-state index contributed by atoms with van der Waals surface area (Å²) >= 11 is 0. The lowest BCUT2D eigenvalue weighted by atomic mass is 9.88. The van der Waals surface area contributed by atoms with E-state index in [-0.39, 0.29) is 29.9 Å². The van der Waals surface area contributed by atoms with Crippen molar-refractivity contribution >= 4 is 5.91 Å². The van der Waals surface area contributed by atoms with Gasteiger partial charge in [0.1, 0.15) is 0 Å². The van der Waals surface area contributed by atoms with Crippen LogP contribution in [0.4, 0.5) is 0 Å². The zero-order chi connectivity index (χ0) is 11.4. The van der Waals surface area contributed by atoms with Gasteiger partial charge in [-0.1, -0.05) is 34.6 Å². The van der Waals surface area contributed by atoms with Gasteiger partial charge in [0, 0.05) is 5.92 Å². The van der Waals surface area contributed by atoms with E-state index in [1.807, 2.05) is 13.8 Å². The van der Waals surface area contributed by atoms with Gasteiger partial charge in [-0.05, 0) is 11.8 Å². The van der Waals surface area contributed by atoms with E-state index in [4.69, 9.17) is 5.11 Å². The number of aliphatic hydroxyl groups is 1. The summed E-state index contributed by atoms with van der Waals surface area (Å²) in [5.74, 6) is -0.0164. The van der Waals surface area contributed by atoms with Crippen LogP contribution in [-0.4, -0.2) is 23.7 Å². The maximum atomic E-state index is 11.4. The Labute approximate surface area is 86.9 Å². The number of carbonyl (C=O) groups is 1. The smallest absolute Gasteiger partial charge is 0.222 e. The normalized spacial score (nSPS) is 14.2. The van der Waals surface area contributed by atoms with Crippen molar-refractivity contribution in [2.24, 2.45) is 11.3 Å². The SMILES string of the molecule is CC(C)C(=O)N[C@H](CO)CC(C)(C)C. The molecule has 0 aliphatic heterocycles. The molecule has 2 N–H and O–H groups in total. The molecule has 0 unspecified atom stereocenters. The lowest BCUT2D eigenvalue weighted by molar-refractivity contribution is -0.125. The van der Waals surface area contributed by atoms with Crippen molar-refractivity contribution in [1.29, 1.82) is 0 Å². The number of amides is 1. The molecule has 1 atom stereocenters. The first kappa shape index (κ1) is 13.4. The van der Waals surface area contributed by atoms with Gasteiger partial charge in [0.25, 0.3) is 0 Å². The first-order valence-electron chi connectivity index (χ1n) is 5.17. The van der Waals surface area contributed by atoms with Crippen molar-refractivity contribution in [3.63, 3.8) is 0 Å². The largest absolute Gasteiger partial charge is 0.394 e. The van der Waals surface area contributed by atoms with Crippen molar-refractivity contribution < 1.29 is 9.90 Å². The third kappa shape index (κ3) is 5.97. The summed E-state index contributed by atoms with van der Waals surface area (Å²) < 4.78 is 0. The van der Waals surface area contributed by atoms with Gasteiger partial charge in [-0.2, -0.15) is 0 Å². The number of hydrogen-bond donors (Lipinski definition) is 2. The Morgan fingerprint density at radius 3 is 2.14 bits per heavy atom. The number of carbonyl (C=O) groups excluding carboxylic acids is 1. The second-order valence-electron chi connectivity index (χ2n) is 5.31. The standard InChI is InChI=1S/C11H23NO2/c1-8(2)10(14)12-9(7-13)6-11(3,4)5/h8-9,13H,6-7H2,1-5H3,(H,12,14)/t9-/m0/s1. The van der Waals surface area contributed by atoms with Gasteiger partial charge in [0.2, 0.25) is 5.91 Å². The Balaban J connectivity index is 4.10. The van der Waals surface area contributed by atoms with E-state index >= 15 is 0 Å². The zero-order valence-corrected chi connectivity index (χ0v) is 9.92. The van der Waals surface area contributed by atoms with E-state index in [1.54, 1.807) is 0 Å². The molecule has 0 aliphatic carbocycles. The van der Waals surface area contributed by atoms with Crippen LogP contribution in [-0.2, 0) is 4.79 Å². The quantitative estimate of drug-likeness (QED) is 0.725. The number of hydrogen-bond acceptors (Lipinski definition) is 2. The van der Waals surface area contributed by atoms with Gasteiger partial charge >= 0.3 is 0 Å². The van der Waals surface area contributed by atoms with Gasteiger partial charge in [-0.15, -0.1) is 0 Å². The number of nitrogens with one attached hydrogen (secondary N) is 1. The summed E-state index contributed by atoms with van der Waals surface area (Å²) in [5, 5.41) is 11.9. The van der Waals surface area contributed by atoms with Crippen molar-refractivity contribution in [1.82, 2.24) is 5.32 Å². The average molecular weight is 201 g/mol. The molecule has 0 radical (unpaired) electrons. The fourth-order valence-corrected chi connectivity index (χ4v) is 1.27. The molecule has 1 amide bonds. The van der Waals surface area contributed by atoms with Crippen LogP contribution in [0.15, 0.2) is 0 Å². The third-order valence-electron chi connectivity index (χ3n) is 1.95. The molecule has 0 saturated carbocycles. The lowest BCUT2D eigenvalue weighted by Gasteiger charge is -2.26. The van der Waals surface area contributed by atoms with E-state index in [9.17, 15) is 4.79 Å². The van der Waals surface area contributed by atoms with E-state index in [0.717, 1.165) is 6.42 Å². The molecular formula is C11H23NO2. The molecule has 0 saturated heterocycles. The topological polar surface area (TPSA) is 49.3 Å². The minimum Gasteiger partial charge on any atom is -0.394 e. The molecule has 0 bridgehead atoms. The Morgan fingerprint density at radius 1 is 1.36 bits per heavy atom. The monoisotopic (exact) mass is 201 g/mol. The molecular weight excluding hydrogens is 178 g/mol. The number of aliphatic hydroxyl groups excluding tert-OH is 1. The highest BCUT2D eigenvalue weighted by Gasteiger charge is 2.20. The van der Waals surface area contributed by atoms with Crippen LogP contribution < -0.4 is 5.32 Å². The van der Waals surface area contributed by atoms with Crippen LogP contribution >= 0.6 is 0 Å². The van der Waals surface area contributed by atoms with E-state index in [2.05, 4.69) is 26.1 Å². The highest BCUT2D eigenvalue weighted by molar-refractivity contribution is 5.78. The summed E-state index contributed by atoms with van der Waals surface area (Å²) in [7, 11) is 0. The first-order valence-corrected chi connectivity index (χ1v) is 5.17. The summed E-state index contributed by atoms with van der Waals surface area (Å²) in [6.07, 6.45) is 0.794. The predicted molar refractivity (Wildman–Crippen MR) is 57.9 cm³/mol. The summed E-state index contributed by atoms with van der Waals surface area (Å²) in [6.45, 7) is 9.99. The van der Waals surface area contributed by atoms with E-state index < -0.39 is 0 Å². The van der Waals surface area contributed by atoms with Crippen LogP contribution in [0, 0.1) is 11.3 Å². The summed E-state index contributed by atoms with van der Waals surface area (Å²) in [4.78, 5) is 11.4. The Kier molecular flexibility index (Phi) is 5.13. The summed E-state index contributed by atoms with van der Waals surface area (Å²) in [6, 6.07) is -0.120. The van der Waals surface area contributed by atoms with Gasteiger partial charge in [-0.3, -0.25) is 4.79 Å². The second-order valence-corrected chi connectivity index (χ2v) is 5.31. The fourth-order valence-electron chi connectivity index (χ4n) is 1.27. The van der Waals surface area contributed by atoms with E-state index in [0.29, 0.717) is 0 Å². The molecule has 0 aliphatic rings. The summed E-state index contributed by atoms with van der Waals surface area (Å²) in [5.41, 5.74) is 0.123. The Morgan fingerprint density at radius 2 is 1.86 bits per heavy atom. The van der Waals surface area contributed by atoms with Gasteiger partial charge in [0.05, 0.1) is 12.6 Å².